The van der Waals surface area contributed by atoms with Crippen molar-refractivity contribution in [1.82, 2.24) is 4.90 Å². The van der Waals surface area contributed by atoms with Crippen LogP contribution in [0.1, 0.15) is 18.1 Å². The molecule has 2 aromatic rings. The molecule has 2 aromatic carbocycles. The molecule has 1 heterocycles. The summed E-state index contributed by atoms with van der Waals surface area (Å²) >= 11 is 12.8. The average Bonchev–Trinajstić information content (AvgIpc) is 2.94. The third kappa shape index (κ3) is 4.32. The van der Waals surface area contributed by atoms with Crippen molar-refractivity contribution < 1.29 is 18.7 Å². The Morgan fingerprint density at radius 2 is 2.07 bits per heavy atom. The number of rotatable bonds is 6. The molecule has 1 fully saturated rings. The summed E-state index contributed by atoms with van der Waals surface area (Å²) in [6, 6.07) is 9.73. The highest BCUT2D eigenvalue weighted by Crippen LogP contribution is 2.39. The van der Waals surface area contributed by atoms with Crippen LogP contribution in [0.3, 0.4) is 0 Å². The van der Waals surface area contributed by atoms with E-state index in [0.717, 1.165) is 0 Å². The second kappa shape index (κ2) is 8.94. The van der Waals surface area contributed by atoms with Crippen LogP contribution >= 0.6 is 35.6 Å². The van der Waals surface area contributed by atoms with Gasteiger partial charge in [-0.1, -0.05) is 53.8 Å². The van der Waals surface area contributed by atoms with E-state index in [-0.39, 0.29) is 18.3 Å². The van der Waals surface area contributed by atoms with E-state index < -0.39 is 0 Å². The van der Waals surface area contributed by atoms with Crippen molar-refractivity contribution in [3.8, 4) is 11.5 Å². The number of nitrogens with zero attached hydrogens (tertiary/aromatic N) is 1. The maximum Gasteiger partial charge on any atom is 0.266 e. The number of thioether (sulfide) groups is 1. The molecule has 3 rings (SSSR count). The van der Waals surface area contributed by atoms with Crippen LogP contribution in [0.4, 0.5) is 4.39 Å². The van der Waals surface area contributed by atoms with E-state index in [9.17, 15) is 9.18 Å². The number of halogens is 2. The Hall–Kier alpha value is -2.09. The molecule has 0 aliphatic carbocycles. The van der Waals surface area contributed by atoms with Crippen LogP contribution in [0.2, 0.25) is 5.02 Å². The fourth-order valence-corrected chi connectivity index (χ4v) is 4.31. The Balaban J connectivity index is 1.86. The molecule has 1 aliphatic heterocycles. The first-order chi connectivity index (χ1) is 13.4. The Bertz CT molecular complexity index is 964. The molecule has 4 nitrogen and oxygen atoms in total. The van der Waals surface area contributed by atoms with Gasteiger partial charge < -0.3 is 9.47 Å². The van der Waals surface area contributed by atoms with Crippen LogP contribution in [-0.4, -0.2) is 28.8 Å². The number of benzene rings is 2. The molecular formula is C20H17ClFNO3S2. The maximum absolute atomic E-state index is 13.8. The van der Waals surface area contributed by atoms with Crippen LogP contribution in [0.25, 0.3) is 6.08 Å². The third-order valence-electron chi connectivity index (χ3n) is 4.07. The van der Waals surface area contributed by atoms with Gasteiger partial charge in [0.05, 0.1) is 17.0 Å². The topological polar surface area (TPSA) is 38.8 Å². The van der Waals surface area contributed by atoms with Gasteiger partial charge in [-0.15, -0.1) is 0 Å². The zero-order chi connectivity index (χ0) is 20.3. The quantitative estimate of drug-likeness (QED) is 0.453. The zero-order valence-electron chi connectivity index (χ0n) is 15.2. The molecule has 0 atom stereocenters. The minimum atomic E-state index is -0.354. The number of methoxy groups -OCH3 is 1. The molecular weight excluding hydrogens is 421 g/mol. The molecule has 146 valence electrons. The first-order valence-corrected chi connectivity index (χ1v) is 10.0. The van der Waals surface area contributed by atoms with Gasteiger partial charge in [0.2, 0.25) is 0 Å². The third-order valence-corrected chi connectivity index (χ3v) is 5.73. The van der Waals surface area contributed by atoms with E-state index in [1.165, 1.54) is 29.8 Å². The van der Waals surface area contributed by atoms with Gasteiger partial charge in [0.1, 0.15) is 16.7 Å². The van der Waals surface area contributed by atoms with Gasteiger partial charge in [0, 0.05) is 12.1 Å². The lowest BCUT2D eigenvalue weighted by molar-refractivity contribution is -0.121. The van der Waals surface area contributed by atoms with Gasteiger partial charge >= 0.3 is 0 Å². The highest BCUT2D eigenvalue weighted by Gasteiger charge is 2.30. The fourth-order valence-electron chi connectivity index (χ4n) is 2.65. The summed E-state index contributed by atoms with van der Waals surface area (Å²) in [7, 11) is 1.49. The molecule has 0 radical (unpaired) electrons. The number of hydrogen-bond donors (Lipinski definition) is 0. The van der Waals surface area contributed by atoms with Crippen molar-refractivity contribution in [2.24, 2.45) is 0 Å². The van der Waals surface area contributed by atoms with E-state index in [0.29, 0.717) is 43.4 Å². The molecule has 0 aromatic heterocycles. The lowest BCUT2D eigenvalue weighted by Gasteiger charge is -2.14. The molecule has 0 saturated carbocycles. The highest BCUT2D eigenvalue weighted by atomic mass is 35.5. The predicted molar refractivity (Wildman–Crippen MR) is 114 cm³/mol. The van der Waals surface area contributed by atoms with Crippen molar-refractivity contribution in [2.75, 3.05) is 13.7 Å². The Kier molecular flexibility index (Phi) is 6.59. The van der Waals surface area contributed by atoms with E-state index in [1.807, 2.05) is 6.92 Å². The standard InChI is InChI=1S/C20H17ClFNO3S2/c1-3-23-19(24)17(28-20(23)27)10-12-8-14(21)18(16(9-12)25-2)26-11-13-6-4-5-7-15(13)22/h4-10H,3,11H2,1-2H3. The lowest BCUT2D eigenvalue weighted by Crippen LogP contribution is -2.27. The maximum atomic E-state index is 13.8. The predicted octanol–water partition coefficient (Wildman–Crippen LogP) is 5.29. The van der Waals surface area contributed by atoms with Crippen molar-refractivity contribution in [3.63, 3.8) is 0 Å². The largest absolute Gasteiger partial charge is 0.493 e. The number of amides is 1. The minimum absolute atomic E-state index is 0.0112. The summed E-state index contributed by atoms with van der Waals surface area (Å²) in [5.74, 6) is 0.214. The van der Waals surface area contributed by atoms with Gasteiger partial charge in [-0.05, 0) is 36.8 Å². The Morgan fingerprint density at radius 1 is 1.32 bits per heavy atom. The van der Waals surface area contributed by atoms with Gasteiger partial charge in [-0.3, -0.25) is 9.69 Å². The summed E-state index contributed by atoms with van der Waals surface area (Å²) in [6.45, 7) is 2.40. The number of likely N-dealkylation sites (N-methyl/N-ethyl adjacent to an activating group) is 1. The summed E-state index contributed by atoms with van der Waals surface area (Å²) in [5.41, 5.74) is 1.09. The van der Waals surface area contributed by atoms with Gasteiger partial charge in [0.15, 0.2) is 11.5 Å². The van der Waals surface area contributed by atoms with Gasteiger partial charge in [-0.2, -0.15) is 0 Å². The molecule has 0 N–H and O–H groups in total. The van der Waals surface area contributed by atoms with Gasteiger partial charge in [-0.25, -0.2) is 4.39 Å². The zero-order valence-corrected chi connectivity index (χ0v) is 17.6. The van der Waals surface area contributed by atoms with Crippen molar-refractivity contribution in [1.29, 1.82) is 0 Å². The molecule has 1 aliphatic rings. The monoisotopic (exact) mass is 437 g/mol. The lowest BCUT2D eigenvalue weighted by atomic mass is 10.1. The van der Waals surface area contributed by atoms with Crippen LogP contribution in [0.15, 0.2) is 41.3 Å². The van der Waals surface area contributed by atoms with Crippen molar-refractivity contribution in [3.05, 3.63) is 63.3 Å². The summed E-state index contributed by atoms with van der Waals surface area (Å²) < 4.78 is 25.4. The minimum Gasteiger partial charge on any atom is -0.493 e. The van der Waals surface area contributed by atoms with Gasteiger partial charge in [0.25, 0.3) is 5.91 Å². The molecule has 1 amide bonds. The summed E-state index contributed by atoms with van der Waals surface area (Å²) in [6.07, 6.45) is 1.71. The second-order valence-corrected chi connectivity index (χ2v) is 7.92. The van der Waals surface area contributed by atoms with Crippen LogP contribution in [0, 0.1) is 5.82 Å². The molecule has 1 saturated heterocycles. The van der Waals surface area contributed by atoms with Crippen LogP contribution in [-0.2, 0) is 11.4 Å². The SMILES string of the molecule is CCN1C(=O)C(=Cc2cc(Cl)c(OCc3ccccc3F)c(OC)c2)SC1=S. The Labute approximate surface area is 177 Å². The highest BCUT2D eigenvalue weighted by molar-refractivity contribution is 8.26. The van der Waals surface area contributed by atoms with E-state index in [2.05, 4.69) is 0 Å². The number of thiocarbonyl (C=S) groups is 1. The number of carbonyl (C=O) groups is 1. The summed E-state index contributed by atoms with van der Waals surface area (Å²) in [4.78, 5) is 14.4. The molecule has 8 heteroatoms. The second-order valence-electron chi connectivity index (χ2n) is 5.84. The average molecular weight is 438 g/mol. The normalized spacial score (nSPS) is 15.4. The van der Waals surface area contributed by atoms with E-state index in [1.54, 1.807) is 36.4 Å². The first-order valence-electron chi connectivity index (χ1n) is 8.43. The molecule has 28 heavy (non-hydrogen) atoms. The smallest absolute Gasteiger partial charge is 0.266 e. The van der Waals surface area contributed by atoms with Crippen LogP contribution < -0.4 is 9.47 Å². The molecule has 0 bridgehead atoms. The molecule has 0 spiro atoms. The van der Waals surface area contributed by atoms with Crippen molar-refractivity contribution >= 4 is 51.9 Å². The molecule has 0 unspecified atom stereocenters. The van der Waals surface area contributed by atoms with E-state index in [4.69, 9.17) is 33.3 Å². The van der Waals surface area contributed by atoms with Crippen molar-refractivity contribution in [2.45, 2.75) is 13.5 Å². The fraction of sp³-hybridized carbons (Fsp3) is 0.200. The number of ether oxygens (including phenoxy) is 2. The summed E-state index contributed by atoms with van der Waals surface area (Å²) in [5, 5.41) is 0.299. The Morgan fingerprint density at radius 3 is 2.71 bits per heavy atom. The van der Waals surface area contributed by atoms with Crippen LogP contribution in [0.5, 0.6) is 11.5 Å². The first kappa shape index (κ1) is 20.6. The number of hydrogen-bond acceptors (Lipinski definition) is 5. The number of carbonyl (C=O) groups excluding carboxylic acids is 1. The van der Waals surface area contributed by atoms with E-state index >= 15 is 0 Å².